The van der Waals surface area contributed by atoms with Crippen LogP contribution in [0.3, 0.4) is 0 Å². The van der Waals surface area contributed by atoms with Crippen LogP contribution in [0.2, 0.25) is 0 Å². The summed E-state index contributed by atoms with van der Waals surface area (Å²) in [5.74, 6) is 1.00. The molecule has 0 atom stereocenters. The molecule has 12 heavy (non-hydrogen) atoms. The van der Waals surface area contributed by atoms with Gasteiger partial charge in [-0.05, 0) is 57.0 Å². The Bertz CT molecular complexity index is 243. The van der Waals surface area contributed by atoms with Gasteiger partial charge in [0.1, 0.15) is 5.75 Å². The van der Waals surface area contributed by atoms with Gasteiger partial charge in [-0.25, -0.2) is 0 Å². The highest BCUT2D eigenvalue weighted by molar-refractivity contribution is 5.39. The third kappa shape index (κ3) is 2.00. The van der Waals surface area contributed by atoms with E-state index in [1.54, 1.807) is 0 Å². The third-order valence-corrected chi connectivity index (χ3v) is 1.67. The summed E-state index contributed by atoms with van der Waals surface area (Å²) in [6.07, 6.45) is 0.241. The number of aryl methyl sites for hydroxylation is 2. The highest BCUT2D eigenvalue weighted by Crippen LogP contribution is 2.22. The molecule has 1 radical (unpaired) electrons. The standard InChI is InChI=1S/C11H15O/c1-8(2)12-11-9(3)6-5-7-10(11)4/h6-8H,1-4H3. The highest BCUT2D eigenvalue weighted by Gasteiger charge is 2.04. The van der Waals surface area contributed by atoms with Crippen molar-refractivity contribution in [3.63, 3.8) is 0 Å². The van der Waals surface area contributed by atoms with Gasteiger partial charge in [-0.3, -0.25) is 0 Å². The summed E-state index contributed by atoms with van der Waals surface area (Å²) < 4.78 is 5.66. The van der Waals surface area contributed by atoms with Crippen molar-refractivity contribution in [3.05, 3.63) is 29.3 Å². The van der Waals surface area contributed by atoms with E-state index >= 15 is 0 Å². The minimum atomic E-state index is 0.241. The second-order valence-corrected chi connectivity index (χ2v) is 3.32. The third-order valence-electron chi connectivity index (χ3n) is 1.67. The predicted molar refractivity (Wildman–Crippen MR) is 50.5 cm³/mol. The summed E-state index contributed by atoms with van der Waals surface area (Å²) in [4.78, 5) is 0. The summed E-state index contributed by atoms with van der Waals surface area (Å²) in [5.41, 5.74) is 2.31. The SMILES string of the molecule is Cc1c[c]cc(C)c1OC(C)C. The average molecular weight is 163 g/mol. The smallest absolute Gasteiger partial charge is 0.125 e. The second-order valence-electron chi connectivity index (χ2n) is 3.32. The minimum absolute atomic E-state index is 0.241. The first-order valence-corrected chi connectivity index (χ1v) is 4.25. The molecule has 1 aromatic rings. The Morgan fingerprint density at radius 2 is 1.67 bits per heavy atom. The summed E-state index contributed by atoms with van der Waals surface area (Å²) in [5, 5.41) is 0. The lowest BCUT2D eigenvalue weighted by molar-refractivity contribution is 0.239. The zero-order valence-electron chi connectivity index (χ0n) is 8.14. The van der Waals surface area contributed by atoms with Crippen molar-refractivity contribution in [1.29, 1.82) is 0 Å². The van der Waals surface area contributed by atoms with Gasteiger partial charge in [0.25, 0.3) is 0 Å². The minimum Gasteiger partial charge on any atom is -0.490 e. The van der Waals surface area contributed by atoms with Crippen molar-refractivity contribution in [2.75, 3.05) is 0 Å². The van der Waals surface area contributed by atoms with Gasteiger partial charge in [0.2, 0.25) is 0 Å². The summed E-state index contributed by atoms with van der Waals surface area (Å²) in [6.45, 7) is 8.16. The largest absolute Gasteiger partial charge is 0.490 e. The Balaban J connectivity index is 2.96. The first-order chi connectivity index (χ1) is 5.61. The van der Waals surface area contributed by atoms with Gasteiger partial charge in [-0.15, -0.1) is 0 Å². The van der Waals surface area contributed by atoms with E-state index in [4.69, 9.17) is 4.74 Å². The van der Waals surface area contributed by atoms with Crippen LogP contribution in [-0.2, 0) is 0 Å². The Hall–Kier alpha value is -0.980. The molecule has 0 amide bonds. The van der Waals surface area contributed by atoms with Crippen molar-refractivity contribution in [2.45, 2.75) is 33.8 Å². The van der Waals surface area contributed by atoms with Crippen LogP contribution in [0, 0.1) is 19.9 Å². The van der Waals surface area contributed by atoms with Gasteiger partial charge in [0, 0.05) is 0 Å². The van der Waals surface area contributed by atoms with Crippen molar-refractivity contribution < 1.29 is 4.74 Å². The average Bonchev–Trinajstić information content (AvgIpc) is 1.97. The molecule has 1 nitrogen and oxygen atoms in total. The Morgan fingerprint density at radius 1 is 1.17 bits per heavy atom. The van der Waals surface area contributed by atoms with E-state index in [2.05, 4.69) is 6.07 Å². The van der Waals surface area contributed by atoms with Crippen LogP contribution in [0.4, 0.5) is 0 Å². The lowest BCUT2D eigenvalue weighted by Crippen LogP contribution is -2.07. The number of hydrogen-bond donors (Lipinski definition) is 0. The molecule has 0 N–H and O–H groups in total. The second kappa shape index (κ2) is 3.61. The summed E-state index contributed by atoms with van der Waals surface area (Å²) in [6, 6.07) is 6.96. The van der Waals surface area contributed by atoms with Crippen molar-refractivity contribution in [3.8, 4) is 5.75 Å². The first-order valence-electron chi connectivity index (χ1n) is 4.25. The van der Waals surface area contributed by atoms with Gasteiger partial charge in [-0.2, -0.15) is 0 Å². The molecule has 0 saturated carbocycles. The molecule has 0 bridgehead atoms. The zero-order valence-corrected chi connectivity index (χ0v) is 8.14. The lowest BCUT2D eigenvalue weighted by Gasteiger charge is -2.14. The van der Waals surface area contributed by atoms with Crippen LogP contribution in [0.15, 0.2) is 12.1 Å². The zero-order chi connectivity index (χ0) is 9.14. The molecule has 1 rings (SSSR count). The predicted octanol–water partition coefficient (Wildman–Crippen LogP) is 2.89. The lowest BCUT2D eigenvalue weighted by atomic mass is 10.1. The molecule has 0 unspecified atom stereocenters. The van der Waals surface area contributed by atoms with Gasteiger partial charge >= 0.3 is 0 Å². The van der Waals surface area contributed by atoms with Crippen molar-refractivity contribution >= 4 is 0 Å². The molecule has 0 spiro atoms. The monoisotopic (exact) mass is 163 g/mol. The maximum Gasteiger partial charge on any atom is 0.125 e. The molecule has 0 aliphatic heterocycles. The maximum atomic E-state index is 5.66. The van der Waals surface area contributed by atoms with Crippen LogP contribution in [0.5, 0.6) is 5.75 Å². The number of rotatable bonds is 2. The molecule has 1 aromatic carbocycles. The van der Waals surface area contributed by atoms with Crippen LogP contribution in [-0.4, -0.2) is 6.10 Å². The van der Waals surface area contributed by atoms with Crippen molar-refractivity contribution in [1.82, 2.24) is 0 Å². The van der Waals surface area contributed by atoms with Crippen LogP contribution < -0.4 is 4.74 Å². The molecule has 65 valence electrons. The Morgan fingerprint density at radius 3 is 2.08 bits per heavy atom. The molecule has 0 saturated heterocycles. The van der Waals surface area contributed by atoms with E-state index in [-0.39, 0.29) is 6.10 Å². The summed E-state index contributed by atoms with van der Waals surface area (Å²) in [7, 11) is 0. The molecule has 0 aliphatic rings. The topological polar surface area (TPSA) is 9.23 Å². The van der Waals surface area contributed by atoms with Gasteiger partial charge < -0.3 is 4.74 Å². The number of hydrogen-bond acceptors (Lipinski definition) is 1. The molecule has 0 fully saturated rings. The van der Waals surface area contributed by atoms with Crippen LogP contribution in [0.1, 0.15) is 25.0 Å². The van der Waals surface area contributed by atoms with E-state index < -0.39 is 0 Å². The Labute approximate surface area is 74.4 Å². The fourth-order valence-electron chi connectivity index (χ4n) is 1.16. The maximum absolute atomic E-state index is 5.66. The van der Waals surface area contributed by atoms with Gasteiger partial charge in [0.05, 0.1) is 6.10 Å². The summed E-state index contributed by atoms with van der Waals surface area (Å²) >= 11 is 0. The number of benzene rings is 1. The first kappa shape index (κ1) is 9.11. The van der Waals surface area contributed by atoms with Crippen LogP contribution in [0.25, 0.3) is 0 Å². The molecule has 0 heterocycles. The Kier molecular flexibility index (Phi) is 2.74. The van der Waals surface area contributed by atoms with Gasteiger partial charge in [0.15, 0.2) is 0 Å². The highest BCUT2D eigenvalue weighted by atomic mass is 16.5. The fourth-order valence-corrected chi connectivity index (χ4v) is 1.16. The van der Waals surface area contributed by atoms with E-state index in [1.165, 1.54) is 0 Å². The van der Waals surface area contributed by atoms with Crippen molar-refractivity contribution in [2.24, 2.45) is 0 Å². The normalized spacial score (nSPS) is 10.4. The molecular weight excluding hydrogens is 148 g/mol. The van der Waals surface area contributed by atoms with E-state index in [1.807, 2.05) is 39.8 Å². The van der Waals surface area contributed by atoms with E-state index in [0.29, 0.717) is 0 Å². The van der Waals surface area contributed by atoms with E-state index in [0.717, 1.165) is 16.9 Å². The number of ether oxygens (including phenoxy) is 1. The molecular formula is C11H15O. The van der Waals surface area contributed by atoms with E-state index in [9.17, 15) is 0 Å². The molecule has 0 aromatic heterocycles. The fraction of sp³-hybridized carbons (Fsp3) is 0.455. The molecule has 1 heteroatoms. The quantitative estimate of drug-likeness (QED) is 0.651. The van der Waals surface area contributed by atoms with Gasteiger partial charge in [-0.1, -0.05) is 0 Å². The van der Waals surface area contributed by atoms with Crippen LogP contribution >= 0.6 is 0 Å². The molecule has 0 aliphatic carbocycles.